The molecule has 0 aliphatic rings. The van der Waals surface area contributed by atoms with E-state index in [1.54, 1.807) is 0 Å². The fraction of sp³-hybridized carbons (Fsp3) is 0.367. The van der Waals surface area contributed by atoms with Gasteiger partial charge < -0.3 is 5.11 Å². The van der Waals surface area contributed by atoms with Crippen LogP contribution < -0.4 is 0 Å². The Labute approximate surface area is 224 Å². The summed E-state index contributed by atoms with van der Waals surface area (Å²) in [4.78, 5) is 13.2. The number of hydrogen-bond acceptors (Lipinski definition) is 4. The summed E-state index contributed by atoms with van der Waals surface area (Å²) in [5.41, 5.74) is 3.08. The number of ketones is 1. The topological polar surface area (TPSA) is 74.7 Å². The number of sulfonamides is 1. The maximum absolute atomic E-state index is 13.8. The van der Waals surface area contributed by atoms with Crippen molar-refractivity contribution in [3.8, 4) is 0 Å². The largest absolute Gasteiger partial charge is 0.393 e. The van der Waals surface area contributed by atoms with Gasteiger partial charge >= 0.3 is 0 Å². The third-order valence-electron chi connectivity index (χ3n) is 6.73. The van der Waals surface area contributed by atoms with Crippen LogP contribution in [0.1, 0.15) is 53.2 Å². The molecule has 0 fully saturated rings. The lowest BCUT2D eigenvalue weighted by molar-refractivity contribution is 0.0747. The maximum atomic E-state index is 13.8. The van der Waals surface area contributed by atoms with Crippen LogP contribution in [0, 0.1) is 17.6 Å². The normalized spacial score (nSPS) is 13.4. The Bertz CT molecular complexity index is 1320. The van der Waals surface area contributed by atoms with E-state index in [1.807, 2.05) is 12.1 Å². The number of nitrogens with zero attached hydrogens (tertiary/aromatic N) is 1. The monoisotopic (exact) mass is 543 g/mol. The SMILES string of the molecule is CCc1cccc(CCC[C@@H](O)[C@@H](CC(=O)c2ccc(S(=O)(=O)N(C)C)cc2)Cc2cc(F)cc(F)c2)c1. The molecule has 0 heterocycles. The predicted molar refractivity (Wildman–Crippen MR) is 145 cm³/mol. The Hall–Kier alpha value is -2.94. The number of aliphatic hydroxyl groups is 1. The molecule has 38 heavy (non-hydrogen) atoms. The minimum absolute atomic E-state index is 0.0512. The highest BCUT2D eigenvalue weighted by Gasteiger charge is 2.25. The predicted octanol–water partition coefficient (Wildman–Crippen LogP) is 5.59. The molecule has 3 aromatic rings. The van der Waals surface area contributed by atoms with Crippen LogP contribution >= 0.6 is 0 Å². The van der Waals surface area contributed by atoms with Crippen molar-refractivity contribution in [3.05, 3.63) is 101 Å². The molecular formula is C30H35F2NO4S. The molecule has 0 saturated carbocycles. The second kappa shape index (κ2) is 13.2. The molecule has 3 rings (SSSR count). The third-order valence-corrected chi connectivity index (χ3v) is 8.56. The first-order valence-corrected chi connectivity index (χ1v) is 14.2. The van der Waals surface area contributed by atoms with E-state index >= 15 is 0 Å². The third kappa shape index (κ3) is 8.03. The molecule has 0 saturated heterocycles. The molecule has 0 unspecified atom stereocenters. The lowest BCUT2D eigenvalue weighted by Crippen LogP contribution is -2.26. The van der Waals surface area contributed by atoms with Crippen molar-refractivity contribution in [1.29, 1.82) is 0 Å². The van der Waals surface area contributed by atoms with Crippen molar-refractivity contribution in [2.24, 2.45) is 5.92 Å². The van der Waals surface area contributed by atoms with E-state index in [1.165, 1.54) is 61.6 Å². The Morgan fingerprint density at radius 1 is 0.921 bits per heavy atom. The molecule has 0 radical (unpaired) electrons. The lowest BCUT2D eigenvalue weighted by Gasteiger charge is -2.23. The highest BCUT2D eigenvalue weighted by Crippen LogP contribution is 2.25. The van der Waals surface area contributed by atoms with E-state index in [0.717, 1.165) is 23.2 Å². The van der Waals surface area contributed by atoms with Crippen LogP contribution in [0.2, 0.25) is 0 Å². The molecule has 204 valence electrons. The van der Waals surface area contributed by atoms with Crippen molar-refractivity contribution in [2.75, 3.05) is 14.1 Å². The molecule has 0 spiro atoms. The molecule has 8 heteroatoms. The van der Waals surface area contributed by atoms with E-state index in [0.29, 0.717) is 24.0 Å². The number of carbonyl (C=O) groups excluding carboxylic acids is 1. The van der Waals surface area contributed by atoms with Gasteiger partial charge in [-0.1, -0.05) is 43.3 Å². The Morgan fingerprint density at radius 3 is 2.16 bits per heavy atom. The first kappa shape index (κ1) is 29.6. The summed E-state index contributed by atoms with van der Waals surface area (Å²) in [6.45, 7) is 2.09. The van der Waals surface area contributed by atoms with Gasteiger partial charge in [0.25, 0.3) is 0 Å². The average molecular weight is 544 g/mol. The van der Waals surface area contributed by atoms with Gasteiger partial charge in [-0.25, -0.2) is 21.5 Å². The molecule has 5 nitrogen and oxygen atoms in total. The molecule has 1 N–H and O–H groups in total. The molecule has 2 atom stereocenters. The minimum Gasteiger partial charge on any atom is -0.393 e. The highest BCUT2D eigenvalue weighted by atomic mass is 32.2. The van der Waals surface area contributed by atoms with E-state index in [2.05, 4.69) is 19.1 Å². The van der Waals surface area contributed by atoms with Crippen LogP contribution in [0.5, 0.6) is 0 Å². The van der Waals surface area contributed by atoms with Gasteiger partial charge in [-0.3, -0.25) is 4.79 Å². The second-order valence-electron chi connectivity index (χ2n) is 9.81. The molecule has 3 aromatic carbocycles. The Morgan fingerprint density at radius 2 is 1.55 bits per heavy atom. The van der Waals surface area contributed by atoms with Gasteiger partial charge in [0.2, 0.25) is 10.0 Å². The van der Waals surface area contributed by atoms with Crippen LogP contribution in [0.4, 0.5) is 8.78 Å². The fourth-order valence-corrected chi connectivity index (χ4v) is 5.41. The summed E-state index contributed by atoms with van der Waals surface area (Å²) >= 11 is 0. The van der Waals surface area contributed by atoms with E-state index in [-0.39, 0.29) is 23.5 Å². The molecule has 0 bridgehead atoms. The summed E-state index contributed by atoms with van der Waals surface area (Å²) in [5, 5.41) is 11.1. The minimum atomic E-state index is -3.63. The number of Topliss-reactive ketones (excluding diaryl/α,β-unsaturated/α-hetero) is 1. The lowest BCUT2D eigenvalue weighted by atomic mass is 9.85. The van der Waals surface area contributed by atoms with Gasteiger partial charge in [0.15, 0.2) is 5.78 Å². The van der Waals surface area contributed by atoms with Gasteiger partial charge in [-0.15, -0.1) is 0 Å². The highest BCUT2D eigenvalue weighted by molar-refractivity contribution is 7.89. The molecule has 0 aliphatic heterocycles. The number of rotatable bonds is 13. The van der Waals surface area contributed by atoms with Crippen LogP contribution in [0.25, 0.3) is 0 Å². The zero-order valence-corrected chi connectivity index (χ0v) is 22.8. The second-order valence-corrected chi connectivity index (χ2v) is 12.0. The molecule has 0 amide bonds. The zero-order chi connectivity index (χ0) is 27.9. The summed E-state index contributed by atoms with van der Waals surface area (Å²) in [5.74, 6) is -2.28. The molecule has 0 aromatic heterocycles. The van der Waals surface area contributed by atoms with E-state index in [4.69, 9.17) is 0 Å². The number of carbonyl (C=O) groups is 1. The zero-order valence-electron chi connectivity index (χ0n) is 22.0. The Kier molecular flexibility index (Phi) is 10.3. The summed E-state index contributed by atoms with van der Waals surface area (Å²) in [6, 6.07) is 17.1. The van der Waals surface area contributed by atoms with Crippen molar-refractivity contribution < 1.29 is 27.1 Å². The van der Waals surface area contributed by atoms with Crippen LogP contribution in [-0.4, -0.2) is 43.8 Å². The van der Waals surface area contributed by atoms with Gasteiger partial charge in [-0.05, 0) is 79.0 Å². The number of aryl methyl sites for hydroxylation is 2. The smallest absolute Gasteiger partial charge is 0.242 e. The maximum Gasteiger partial charge on any atom is 0.242 e. The summed E-state index contributed by atoms with van der Waals surface area (Å²) in [6.07, 6.45) is 2.02. The first-order chi connectivity index (χ1) is 18.0. The van der Waals surface area contributed by atoms with E-state index in [9.17, 15) is 27.1 Å². The van der Waals surface area contributed by atoms with Crippen molar-refractivity contribution >= 4 is 15.8 Å². The number of aliphatic hydroxyl groups excluding tert-OH is 1. The van der Waals surface area contributed by atoms with Crippen molar-refractivity contribution in [1.82, 2.24) is 4.31 Å². The summed E-state index contributed by atoms with van der Waals surface area (Å²) < 4.78 is 53.4. The van der Waals surface area contributed by atoms with Crippen LogP contribution in [-0.2, 0) is 29.3 Å². The molecular weight excluding hydrogens is 508 g/mol. The van der Waals surface area contributed by atoms with Crippen molar-refractivity contribution in [3.63, 3.8) is 0 Å². The fourth-order valence-electron chi connectivity index (χ4n) is 4.51. The van der Waals surface area contributed by atoms with Gasteiger partial charge in [0, 0.05) is 32.1 Å². The van der Waals surface area contributed by atoms with Gasteiger partial charge in [-0.2, -0.15) is 0 Å². The average Bonchev–Trinajstić information content (AvgIpc) is 2.87. The van der Waals surface area contributed by atoms with Gasteiger partial charge in [0.05, 0.1) is 11.0 Å². The standard InChI is InChI=1S/C30H35F2NO4S/c1-4-21-7-5-8-22(15-21)9-6-10-29(34)25(16-23-17-26(31)20-27(32)18-23)19-30(35)24-11-13-28(14-12-24)38(36,37)33(2)3/h5,7-8,11-15,17-18,20,25,29,34H,4,6,9-10,16,19H2,1-3H3/t25-,29-/m1/s1. The van der Waals surface area contributed by atoms with Gasteiger partial charge in [0.1, 0.15) is 11.6 Å². The number of hydrogen-bond donors (Lipinski definition) is 1. The number of benzene rings is 3. The quantitative estimate of drug-likeness (QED) is 0.285. The first-order valence-electron chi connectivity index (χ1n) is 12.8. The summed E-state index contributed by atoms with van der Waals surface area (Å²) in [7, 11) is -0.778. The molecule has 0 aliphatic carbocycles. The Balaban J connectivity index is 1.74. The van der Waals surface area contributed by atoms with Crippen LogP contribution in [0.3, 0.4) is 0 Å². The van der Waals surface area contributed by atoms with E-state index < -0.39 is 33.7 Å². The number of halogens is 2. The van der Waals surface area contributed by atoms with Crippen molar-refractivity contribution in [2.45, 2.75) is 56.4 Å². The van der Waals surface area contributed by atoms with Crippen LogP contribution in [0.15, 0.2) is 71.6 Å².